The lowest BCUT2D eigenvalue weighted by Gasteiger charge is -2.15. The molecule has 2 N–H and O–H groups in total. The van der Waals surface area contributed by atoms with Gasteiger partial charge >= 0.3 is 0 Å². The minimum Gasteiger partial charge on any atom is -0.387 e. The number of nitrogens with one attached hydrogen (secondary N) is 1. The Labute approximate surface area is 116 Å². The van der Waals surface area contributed by atoms with Crippen LogP contribution in [0.25, 0.3) is 0 Å². The first kappa shape index (κ1) is 15.4. The molecule has 0 aliphatic carbocycles. The van der Waals surface area contributed by atoms with Gasteiger partial charge in [0, 0.05) is 26.3 Å². The fourth-order valence-corrected chi connectivity index (χ4v) is 2.33. The van der Waals surface area contributed by atoms with E-state index in [1.807, 2.05) is 31.1 Å². The van der Waals surface area contributed by atoms with Crippen LogP contribution in [0.4, 0.5) is 5.69 Å². The van der Waals surface area contributed by atoms with Gasteiger partial charge in [-0.1, -0.05) is 28.1 Å². The summed E-state index contributed by atoms with van der Waals surface area (Å²) in [6.07, 6.45) is -0.852. The number of hydrogen-bond acceptors (Lipinski definition) is 4. The van der Waals surface area contributed by atoms with Gasteiger partial charge in [0.2, 0.25) is 10.0 Å². The quantitative estimate of drug-likeness (QED) is 0.762. The highest BCUT2D eigenvalue weighted by atomic mass is 79.9. The highest BCUT2D eigenvalue weighted by Crippen LogP contribution is 2.17. The summed E-state index contributed by atoms with van der Waals surface area (Å²) in [7, 11) is 0.507. The summed E-state index contributed by atoms with van der Waals surface area (Å²) >= 11 is 2.87. The van der Waals surface area contributed by atoms with Crippen molar-refractivity contribution < 1.29 is 13.5 Å². The van der Waals surface area contributed by atoms with Gasteiger partial charge in [0.1, 0.15) is 4.66 Å². The maximum atomic E-state index is 11.2. The number of halogens is 1. The summed E-state index contributed by atoms with van der Waals surface area (Å²) in [6.45, 7) is -0.0325. The first-order valence-electron chi connectivity index (χ1n) is 5.34. The Morgan fingerprint density at radius 3 is 2.33 bits per heavy atom. The largest absolute Gasteiger partial charge is 0.387 e. The van der Waals surface area contributed by atoms with Gasteiger partial charge in [-0.3, -0.25) is 0 Å². The number of anilines is 1. The molecule has 0 bridgehead atoms. The Balaban J connectivity index is 2.65. The average Bonchev–Trinajstić information content (AvgIpc) is 2.36. The molecule has 5 nitrogen and oxygen atoms in total. The average molecular weight is 337 g/mol. The topological polar surface area (TPSA) is 69.6 Å². The zero-order chi connectivity index (χ0) is 13.8. The third kappa shape index (κ3) is 4.56. The molecule has 0 radical (unpaired) electrons. The van der Waals surface area contributed by atoms with Crippen LogP contribution in [0.15, 0.2) is 24.3 Å². The molecular weight excluding hydrogens is 320 g/mol. The number of rotatable bonds is 6. The van der Waals surface area contributed by atoms with Crippen molar-refractivity contribution in [1.29, 1.82) is 0 Å². The Morgan fingerprint density at radius 2 is 1.89 bits per heavy atom. The molecule has 0 amide bonds. The zero-order valence-electron chi connectivity index (χ0n) is 10.3. The molecule has 0 fully saturated rings. The van der Waals surface area contributed by atoms with Crippen molar-refractivity contribution in [1.82, 2.24) is 4.72 Å². The van der Waals surface area contributed by atoms with Gasteiger partial charge in [-0.15, -0.1) is 0 Å². The van der Waals surface area contributed by atoms with Crippen LogP contribution in [-0.2, 0) is 10.0 Å². The van der Waals surface area contributed by atoms with Gasteiger partial charge in [0.15, 0.2) is 0 Å². The third-order valence-electron chi connectivity index (χ3n) is 2.43. The molecule has 1 rings (SSSR count). The van der Waals surface area contributed by atoms with Crippen molar-refractivity contribution in [3.8, 4) is 0 Å². The first-order chi connectivity index (χ1) is 8.35. The summed E-state index contributed by atoms with van der Waals surface area (Å²) in [6, 6.07) is 7.31. The molecule has 1 unspecified atom stereocenters. The first-order valence-corrected chi connectivity index (χ1v) is 8.12. The van der Waals surface area contributed by atoms with Gasteiger partial charge in [-0.25, -0.2) is 13.1 Å². The van der Waals surface area contributed by atoms with E-state index in [2.05, 4.69) is 20.7 Å². The Kier molecular flexibility index (Phi) is 5.58. The van der Waals surface area contributed by atoms with E-state index in [1.165, 1.54) is 0 Å². The van der Waals surface area contributed by atoms with Crippen LogP contribution >= 0.6 is 15.9 Å². The summed E-state index contributed by atoms with van der Waals surface area (Å²) < 4.78 is 24.5. The van der Waals surface area contributed by atoms with E-state index in [1.54, 1.807) is 12.1 Å². The molecular formula is C11H17BrN2O3S. The molecule has 1 aromatic rings. The monoisotopic (exact) mass is 336 g/mol. The maximum Gasteiger partial charge on any atom is 0.221 e. The van der Waals surface area contributed by atoms with Crippen LogP contribution in [0, 0.1) is 0 Å². The van der Waals surface area contributed by atoms with E-state index in [9.17, 15) is 13.5 Å². The van der Waals surface area contributed by atoms with Crippen molar-refractivity contribution >= 4 is 31.6 Å². The van der Waals surface area contributed by atoms with Crippen molar-refractivity contribution in [2.24, 2.45) is 0 Å². The zero-order valence-corrected chi connectivity index (χ0v) is 12.7. The van der Waals surface area contributed by atoms with Gasteiger partial charge < -0.3 is 10.0 Å². The predicted molar refractivity (Wildman–Crippen MR) is 76.4 cm³/mol. The highest BCUT2D eigenvalue weighted by Gasteiger charge is 2.12. The van der Waals surface area contributed by atoms with E-state index in [0.29, 0.717) is 5.56 Å². The van der Waals surface area contributed by atoms with Gasteiger partial charge in [0.05, 0.1) is 6.10 Å². The summed E-state index contributed by atoms with van der Waals surface area (Å²) in [4.78, 5) is 1.95. The van der Waals surface area contributed by atoms with E-state index >= 15 is 0 Å². The van der Waals surface area contributed by atoms with Gasteiger partial charge in [-0.05, 0) is 17.7 Å². The van der Waals surface area contributed by atoms with Gasteiger partial charge in [0.25, 0.3) is 0 Å². The van der Waals surface area contributed by atoms with E-state index < -0.39 is 16.1 Å². The molecule has 0 aliphatic heterocycles. The molecule has 1 atom stereocenters. The van der Waals surface area contributed by atoms with Crippen LogP contribution in [0.2, 0.25) is 0 Å². The normalized spacial score (nSPS) is 13.3. The number of aliphatic hydroxyl groups is 1. The smallest absolute Gasteiger partial charge is 0.221 e. The van der Waals surface area contributed by atoms with Crippen LogP contribution in [0.1, 0.15) is 11.7 Å². The molecule has 0 heterocycles. The second kappa shape index (κ2) is 6.51. The Bertz CT molecular complexity index is 474. The van der Waals surface area contributed by atoms with E-state index in [4.69, 9.17) is 0 Å². The third-order valence-corrected chi connectivity index (χ3v) is 5.14. The standard InChI is InChI=1S/C11H17BrN2O3S/c1-14(2)10-5-3-9(4-6-10)11(15)7-13-18(16,17)8-12/h3-6,11,13,15H,7-8H2,1-2H3. The molecule has 0 saturated heterocycles. The predicted octanol–water partition coefficient (Wildman–Crippen LogP) is 1.06. The lowest BCUT2D eigenvalue weighted by atomic mass is 10.1. The molecule has 7 heteroatoms. The molecule has 1 aromatic carbocycles. The van der Waals surface area contributed by atoms with Crippen LogP contribution in [-0.4, -0.2) is 38.8 Å². The number of aliphatic hydroxyl groups excluding tert-OH is 1. The minimum absolute atomic E-state index is 0.0325. The number of nitrogens with zero attached hydrogens (tertiary/aromatic N) is 1. The second-order valence-corrected chi connectivity index (χ2v) is 7.18. The summed E-state index contributed by atoms with van der Waals surface area (Å²) in [5.74, 6) is 0. The molecule has 0 spiro atoms. The van der Waals surface area contributed by atoms with Crippen LogP contribution < -0.4 is 9.62 Å². The van der Waals surface area contributed by atoms with Gasteiger partial charge in [-0.2, -0.15) is 0 Å². The molecule has 0 aromatic heterocycles. The number of benzene rings is 1. The van der Waals surface area contributed by atoms with Crippen molar-refractivity contribution in [2.75, 3.05) is 30.2 Å². The minimum atomic E-state index is -3.35. The fraction of sp³-hybridized carbons (Fsp3) is 0.455. The second-order valence-electron chi connectivity index (χ2n) is 4.07. The highest BCUT2D eigenvalue weighted by molar-refractivity contribution is 9.10. The molecule has 18 heavy (non-hydrogen) atoms. The number of hydrogen-bond donors (Lipinski definition) is 2. The SMILES string of the molecule is CN(C)c1ccc(C(O)CNS(=O)(=O)CBr)cc1. The summed E-state index contributed by atoms with van der Waals surface area (Å²) in [5, 5.41) is 9.85. The lowest BCUT2D eigenvalue weighted by Crippen LogP contribution is -2.29. The molecule has 0 aliphatic rings. The molecule has 102 valence electrons. The Hall–Kier alpha value is -0.630. The Morgan fingerprint density at radius 1 is 1.33 bits per heavy atom. The van der Waals surface area contributed by atoms with E-state index in [-0.39, 0.29) is 11.2 Å². The van der Waals surface area contributed by atoms with Crippen LogP contribution in [0.5, 0.6) is 0 Å². The molecule has 0 saturated carbocycles. The lowest BCUT2D eigenvalue weighted by molar-refractivity contribution is 0.182. The van der Waals surface area contributed by atoms with Crippen molar-refractivity contribution in [3.05, 3.63) is 29.8 Å². The van der Waals surface area contributed by atoms with Crippen molar-refractivity contribution in [2.45, 2.75) is 6.10 Å². The number of alkyl halides is 1. The maximum absolute atomic E-state index is 11.2. The number of sulfonamides is 1. The van der Waals surface area contributed by atoms with E-state index in [0.717, 1.165) is 5.69 Å². The fourth-order valence-electron chi connectivity index (χ4n) is 1.36. The van der Waals surface area contributed by atoms with Crippen LogP contribution in [0.3, 0.4) is 0 Å². The summed E-state index contributed by atoms with van der Waals surface area (Å²) in [5.41, 5.74) is 1.70. The van der Waals surface area contributed by atoms with Crippen molar-refractivity contribution in [3.63, 3.8) is 0 Å².